The van der Waals surface area contributed by atoms with Crippen LogP contribution in [0.5, 0.6) is 0 Å². The van der Waals surface area contributed by atoms with Crippen LogP contribution in [0.15, 0.2) is 27.8 Å². The van der Waals surface area contributed by atoms with E-state index in [1.54, 1.807) is 0 Å². The van der Waals surface area contributed by atoms with Crippen molar-refractivity contribution in [3.63, 3.8) is 0 Å². The van der Waals surface area contributed by atoms with E-state index in [1.807, 2.05) is 18.2 Å². The molecule has 2 rings (SSSR count). The number of amidine groups is 1. The Labute approximate surface area is 116 Å². The molecule has 1 fully saturated rings. The van der Waals surface area contributed by atoms with E-state index in [1.165, 1.54) is 12.1 Å². The maximum atomic E-state index is 8.69. The fourth-order valence-electron chi connectivity index (χ4n) is 2.30. The lowest BCUT2D eigenvalue weighted by Crippen LogP contribution is -2.23. The summed E-state index contributed by atoms with van der Waals surface area (Å²) in [5.74, 6) is 0.121. The maximum absolute atomic E-state index is 8.69. The highest BCUT2D eigenvalue weighted by molar-refractivity contribution is 9.10. The van der Waals surface area contributed by atoms with Crippen LogP contribution in [0.25, 0.3) is 0 Å². The molecule has 1 aromatic carbocycles. The van der Waals surface area contributed by atoms with E-state index in [9.17, 15) is 0 Å². The molecular weight excluding hydrogens is 294 g/mol. The van der Waals surface area contributed by atoms with Gasteiger partial charge in [0, 0.05) is 28.8 Å². The third-order valence-electron chi connectivity index (χ3n) is 3.38. The summed E-state index contributed by atoms with van der Waals surface area (Å²) >= 11 is 3.47. The molecule has 0 amide bonds. The molecule has 0 atom stereocenters. The number of nitrogens with zero attached hydrogens (tertiary/aromatic N) is 2. The van der Waals surface area contributed by atoms with Gasteiger partial charge in [-0.25, -0.2) is 0 Å². The fourth-order valence-corrected chi connectivity index (χ4v) is 2.86. The third kappa shape index (κ3) is 2.61. The SMILES string of the molecule is CC1(C)CCN(c2ccc(/C(N)=N/O)c(Br)c2)C1. The Kier molecular flexibility index (Phi) is 3.52. The van der Waals surface area contributed by atoms with E-state index in [2.05, 4.69) is 39.8 Å². The van der Waals surface area contributed by atoms with Crippen LogP contribution >= 0.6 is 15.9 Å². The van der Waals surface area contributed by atoms with Gasteiger partial charge in [-0.3, -0.25) is 0 Å². The van der Waals surface area contributed by atoms with E-state index in [-0.39, 0.29) is 5.84 Å². The van der Waals surface area contributed by atoms with Gasteiger partial charge in [-0.2, -0.15) is 0 Å². The number of hydrogen-bond acceptors (Lipinski definition) is 3. The van der Waals surface area contributed by atoms with Gasteiger partial charge in [-0.1, -0.05) is 19.0 Å². The smallest absolute Gasteiger partial charge is 0.171 e. The van der Waals surface area contributed by atoms with Crippen LogP contribution in [-0.4, -0.2) is 24.1 Å². The standard InChI is InChI=1S/C13H18BrN3O/c1-13(2)5-6-17(8-13)9-3-4-10(11(14)7-9)12(15)16-18/h3-4,7,18H,5-6,8H2,1-2H3,(H2,15,16). The topological polar surface area (TPSA) is 61.8 Å². The Morgan fingerprint density at radius 1 is 1.50 bits per heavy atom. The number of rotatable bonds is 2. The molecule has 0 unspecified atom stereocenters. The number of oxime groups is 1. The molecule has 0 radical (unpaired) electrons. The lowest BCUT2D eigenvalue weighted by atomic mass is 9.93. The minimum Gasteiger partial charge on any atom is -0.409 e. The number of halogens is 1. The minimum atomic E-state index is 0.121. The average Bonchev–Trinajstić information content (AvgIpc) is 2.68. The summed E-state index contributed by atoms with van der Waals surface area (Å²) in [6, 6.07) is 5.91. The number of anilines is 1. The average molecular weight is 312 g/mol. The minimum absolute atomic E-state index is 0.121. The van der Waals surface area contributed by atoms with Crippen LogP contribution in [0.2, 0.25) is 0 Å². The summed E-state index contributed by atoms with van der Waals surface area (Å²) in [5, 5.41) is 11.7. The lowest BCUT2D eigenvalue weighted by molar-refractivity contribution is 0.318. The van der Waals surface area contributed by atoms with E-state index in [4.69, 9.17) is 10.9 Å². The Balaban J connectivity index is 2.25. The quantitative estimate of drug-likeness (QED) is 0.382. The van der Waals surface area contributed by atoms with Gasteiger partial charge in [0.05, 0.1) is 0 Å². The molecule has 1 heterocycles. The van der Waals surface area contributed by atoms with E-state index < -0.39 is 0 Å². The van der Waals surface area contributed by atoms with E-state index >= 15 is 0 Å². The summed E-state index contributed by atoms with van der Waals surface area (Å²) in [6.45, 7) is 6.70. The van der Waals surface area contributed by atoms with Crippen molar-refractivity contribution in [2.75, 3.05) is 18.0 Å². The summed E-state index contributed by atoms with van der Waals surface area (Å²) in [4.78, 5) is 2.36. The Morgan fingerprint density at radius 2 is 2.22 bits per heavy atom. The van der Waals surface area contributed by atoms with Crippen molar-refractivity contribution in [1.82, 2.24) is 0 Å². The first kappa shape index (κ1) is 13.2. The number of hydrogen-bond donors (Lipinski definition) is 2. The van der Waals surface area contributed by atoms with Gasteiger partial charge in [0.25, 0.3) is 0 Å². The molecule has 1 aliphatic heterocycles. The molecule has 98 valence electrons. The second kappa shape index (κ2) is 4.80. The fraction of sp³-hybridized carbons (Fsp3) is 0.462. The molecule has 0 saturated carbocycles. The molecule has 0 bridgehead atoms. The molecule has 0 aliphatic carbocycles. The summed E-state index contributed by atoms with van der Waals surface area (Å²) < 4.78 is 0.847. The van der Waals surface area contributed by atoms with Crippen molar-refractivity contribution >= 4 is 27.5 Å². The highest BCUT2D eigenvalue weighted by atomic mass is 79.9. The monoisotopic (exact) mass is 311 g/mol. The molecule has 0 spiro atoms. The highest BCUT2D eigenvalue weighted by Crippen LogP contribution is 2.34. The predicted octanol–water partition coefficient (Wildman–Crippen LogP) is 2.78. The van der Waals surface area contributed by atoms with E-state index in [0.717, 1.165) is 17.6 Å². The molecule has 1 aliphatic rings. The Morgan fingerprint density at radius 3 is 2.72 bits per heavy atom. The molecule has 3 N–H and O–H groups in total. The van der Waals surface area contributed by atoms with E-state index in [0.29, 0.717) is 11.0 Å². The van der Waals surface area contributed by atoms with Gasteiger partial charge in [0.1, 0.15) is 0 Å². The molecule has 1 aromatic rings. The summed E-state index contributed by atoms with van der Waals surface area (Å²) in [5.41, 5.74) is 7.85. The van der Waals surface area contributed by atoms with Crippen LogP contribution in [-0.2, 0) is 0 Å². The van der Waals surface area contributed by atoms with Gasteiger partial charge >= 0.3 is 0 Å². The molecule has 18 heavy (non-hydrogen) atoms. The van der Waals surface area contributed by atoms with Crippen molar-refractivity contribution in [3.8, 4) is 0 Å². The molecule has 4 nitrogen and oxygen atoms in total. The first-order valence-corrected chi connectivity index (χ1v) is 6.75. The van der Waals surface area contributed by atoms with Gasteiger partial charge in [-0.15, -0.1) is 0 Å². The Hall–Kier alpha value is -1.23. The van der Waals surface area contributed by atoms with Crippen molar-refractivity contribution in [1.29, 1.82) is 0 Å². The third-order valence-corrected chi connectivity index (χ3v) is 4.03. The van der Waals surface area contributed by atoms with Gasteiger partial charge in [0.15, 0.2) is 5.84 Å². The maximum Gasteiger partial charge on any atom is 0.171 e. The van der Waals surface area contributed by atoms with Crippen molar-refractivity contribution < 1.29 is 5.21 Å². The van der Waals surface area contributed by atoms with Crippen molar-refractivity contribution in [3.05, 3.63) is 28.2 Å². The first-order chi connectivity index (χ1) is 8.43. The summed E-state index contributed by atoms with van der Waals surface area (Å²) in [7, 11) is 0. The second-order valence-corrected chi connectivity index (χ2v) is 6.34. The molecule has 1 saturated heterocycles. The zero-order chi connectivity index (χ0) is 13.3. The van der Waals surface area contributed by atoms with Crippen molar-refractivity contribution in [2.24, 2.45) is 16.3 Å². The lowest BCUT2D eigenvalue weighted by Gasteiger charge is -2.22. The first-order valence-electron chi connectivity index (χ1n) is 5.95. The summed E-state index contributed by atoms with van der Waals surface area (Å²) in [6.07, 6.45) is 1.20. The molecule has 5 heteroatoms. The second-order valence-electron chi connectivity index (χ2n) is 5.49. The zero-order valence-corrected chi connectivity index (χ0v) is 12.2. The van der Waals surface area contributed by atoms with Gasteiger partial charge < -0.3 is 15.8 Å². The van der Waals surface area contributed by atoms with Crippen LogP contribution in [0, 0.1) is 5.41 Å². The highest BCUT2D eigenvalue weighted by Gasteiger charge is 2.29. The zero-order valence-electron chi connectivity index (χ0n) is 10.7. The van der Waals surface area contributed by atoms with Crippen LogP contribution < -0.4 is 10.6 Å². The van der Waals surface area contributed by atoms with Crippen molar-refractivity contribution in [2.45, 2.75) is 20.3 Å². The van der Waals surface area contributed by atoms with Gasteiger partial charge in [-0.05, 0) is 46.0 Å². The number of benzene rings is 1. The van der Waals surface area contributed by atoms with Crippen LogP contribution in [0.3, 0.4) is 0 Å². The largest absolute Gasteiger partial charge is 0.409 e. The van der Waals surface area contributed by atoms with Crippen LogP contribution in [0.1, 0.15) is 25.8 Å². The molecular formula is C13H18BrN3O. The molecule has 0 aromatic heterocycles. The van der Waals surface area contributed by atoms with Crippen LogP contribution in [0.4, 0.5) is 5.69 Å². The predicted molar refractivity (Wildman–Crippen MR) is 77.3 cm³/mol. The normalized spacial score (nSPS) is 19.3. The van der Waals surface area contributed by atoms with Gasteiger partial charge in [0.2, 0.25) is 0 Å². The number of nitrogens with two attached hydrogens (primary N) is 1. The Bertz CT molecular complexity index is 485.